The fourth-order valence-electron chi connectivity index (χ4n) is 2.94. The quantitative estimate of drug-likeness (QED) is 0.387. The van der Waals surface area contributed by atoms with Crippen LogP contribution < -0.4 is 5.32 Å². The van der Waals surface area contributed by atoms with Crippen LogP contribution in [-0.4, -0.2) is 20.6 Å². The lowest BCUT2D eigenvalue weighted by molar-refractivity contribution is -0.385. The van der Waals surface area contributed by atoms with Gasteiger partial charge in [-0.05, 0) is 45.9 Å². The highest BCUT2D eigenvalue weighted by Crippen LogP contribution is 2.33. The number of nitro benzene ring substituents is 1. The minimum Gasteiger partial charge on any atom is -0.324 e. The molecular formula is C21H21ClN4O3S. The van der Waals surface area contributed by atoms with Crippen LogP contribution in [0.25, 0.3) is 0 Å². The maximum atomic E-state index is 12.8. The van der Waals surface area contributed by atoms with Crippen molar-refractivity contribution in [1.29, 1.82) is 0 Å². The molecule has 0 fully saturated rings. The van der Waals surface area contributed by atoms with Crippen molar-refractivity contribution < 1.29 is 9.72 Å². The van der Waals surface area contributed by atoms with Gasteiger partial charge in [-0.1, -0.05) is 41.1 Å². The Bertz CT molecular complexity index is 1110. The van der Waals surface area contributed by atoms with E-state index in [1.54, 1.807) is 31.5 Å². The number of nitro groups is 1. The number of carbonyl (C=O) groups excluding carboxylic acids is 1. The second kappa shape index (κ2) is 8.89. The zero-order valence-corrected chi connectivity index (χ0v) is 18.5. The molecule has 0 saturated carbocycles. The van der Waals surface area contributed by atoms with Gasteiger partial charge in [0.2, 0.25) is 5.91 Å². The molecule has 0 spiro atoms. The summed E-state index contributed by atoms with van der Waals surface area (Å²) >= 11 is 7.57. The van der Waals surface area contributed by atoms with E-state index in [-0.39, 0.29) is 11.6 Å². The molecule has 0 aliphatic carbocycles. The van der Waals surface area contributed by atoms with Gasteiger partial charge in [-0.2, -0.15) is 5.10 Å². The summed E-state index contributed by atoms with van der Waals surface area (Å²) < 4.78 is 1.55. The van der Waals surface area contributed by atoms with Gasteiger partial charge in [-0.25, -0.2) is 0 Å². The molecule has 1 N–H and O–H groups in total. The molecule has 0 aliphatic rings. The number of benzene rings is 2. The van der Waals surface area contributed by atoms with Crippen LogP contribution in [-0.2, 0) is 4.79 Å². The number of halogens is 1. The maximum Gasteiger partial charge on any atom is 0.272 e. The molecule has 3 rings (SSSR count). The number of nitrogens with zero attached hydrogens (tertiary/aromatic N) is 3. The summed E-state index contributed by atoms with van der Waals surface area (Å²) in [6, 6.07) is 11.8. The fraction of sp³-hybridized carbons (Fsp3) is 0.238. The van der Waals surface area contributed by atoms with Gasteiger partial charge in [-0.3, -0.25) is 19.6 Å². The van der Waals surface area contributed by atoms with Crippen molar-refractivity contribution >= 4 is 40.6 Å². The Morgan fingerprint density at radius 3 is 2.40 bits per heavy atom. The molecule has 1 heterocycles. The molecule has 30 heavy (non-hydrogen) atoms. The standard InChI is InChI=1S/C21H21ClN4O3S/c1-12-5-7-18(8-6-12)30-19-10-16(9-17(11-19)26(28)29)23-21(27)15(4)25-14(3)20(22)13(2)24-25/h5-11,15H,1-4H3,(H,23,27). The van der Waals surface area contributed by atoms with Gasteiger partial charge in [0.25, 0.3) is 5.69 Å². The van der Waals surface area contributed by atoms with Crippen LogP contribution in [0.15, 0.2) is 52.3 Å². The van der Waals surface area contributed by atoms with Crippen molar-refractivity contribution in [2.24, 2.45) is 0 Å². The first-order valence-electron chi connectivity index (χ1n) is 9.21. The van der Waals surface area contributed by atoms with Crippen molar-refractivity contribution in [3.63, 3.8) is 0 Å². The molecule has 7 nitrogen and oxygen atoms in total. The third kappa shape index (κ3) is 4.83. The van der Waals surface area contributed by atoms with E-state index in [1.807, 2.05) is 31.2 Å². The summed E-state index contributed by atoms with van der Waals surface area (Å²) in [6.07, 6.45) is 0. The van der Waals surface area contributed by atoms with Gasteiger partial charge in [0.05, 0.1) is 21.3 Å². The van der Waals surface area contributed by atoms with Crippen molar-refractivity contribution in [2.45, 2.75) is 43.5 Å². The van der Waals surface area contributed by atoms with E-state index in [0.29, 0.717) is 27.0 Å². The highest BCUT2D eigenvalue weighted by molar-refractivity contribution is 7.99. The Morgan fingerprint density at radius 2 is 1.83 bits per heavy atom. The van der Waals surface area contributed by atoms with Crippen LogP contribution in [0.1, 0.15) is 29.9 Å². The van der Waals surface area contributed by atoms with Gasteiger partial charge in [-0.15, -0.1) is 0 Å². The first-order valence-corrected chi connectivity index (χ1v) is 10.4. The minimum absolute atomic E-state index is 0.0933. The number of hydrogen-bond acceptors (Lipinski definition) is 5. The molecule has 1 unspecified atom stereocenters. The number of rotatable bonds is 6. The number of nitrogens with one attached hydrogen (secondary N) is 1. The lowest BCUT2D eigenvalue weighted by atomic mass is 10.2. The molecule has 9 heteroatoms. The Kier molecular flexibility index (Phi) is 6.48. The second-order valence-electron chi connectivity index (χ2n) is 6.98. The summed E-state index contributed by atoms with van der Waals surface area (Å²) in [5, 5.41) is 19.0. The molecule has 0 radical (unpaired) electrons. The van der Waals surface area contributed by atoms with E-state index in [2.05, 4.69) is 10.4 Å². The average Bonchev–Trinajstić information content (AvgIpc) is 2.96. The van der Waals surface area contributed by atoms with Gasteiger partial charge in [0, 0.05) is 27.6 Å². The predicted octanol–water partition coefficient (Wildman–Crippen LogP) is 5.72. The zero-order chi connectivity index (χ0) is 22.0. The van der Waals surface area contributed by atoms with E-state index in [9.17, 15) is 14.9 Å². The number of hydrogen-bond donors (Lipinski definition) is 1. The summed E-state index contributed by atoms with van der Waals surface area (Å²) in [6.45, 7) is 7.25. The van der Waals surface area contributed by atoms with Gasteiger partial charge in [0.1, 0.15) is 6.04 Å². The van der Waals surface area contributed by atoms with Crippen molar-refractivity contribution in [3.8, 4) is 0 Å². The van der Waals surface area contributed by atoms with Gasteiger partial charge in [0.15, 0.2) is 0 Å². The summed E-state index contributed by atoms with van der Waals surface area (Å²) in [5.74, 6) is -0.343. The van der Waals surface area contributed by atoms with E-state index < -0.39 is 11.0 Å². The first kappa shape index (κ1) is 21.9. The molecule has 1 amide bonds. The van der Waals surface area contributed by atoms with Gasteiger partial charge >= 0.3 is 0 Å². The summed E-state index contributed by atoms with van der Waals surface area (Å²) in [5.41, 5.74) is 2.71. The third-order valence-electron chi connectivity index (χ3n) is 4.61. The second-order valence-corrected chi connectivity index (χ2v) is 8.51. The van der Waals surface area contributed by atoms with Crippen molar-refractivity contribution in [1.82, 2.24) is 9.78 Å². The number of amides is 1. The zero-order valence-electron chi connectivity index (χ0n) is 17.0. The SMILES string of the molecule is Cc1ccc(Sc2cc(NC(=O)C(C)n3nc(C)c(Cl)c3C)cc([N+](=O)[O-])c2)cc1. The predicted molar refractivity (Wildman–Crippen MR) is 118 cm³/mol. The molecule has 2 aromatic carbocycles. The fourth-order valence-corrected chi connectivity index (χ4v) is 3.97. The normalized spacial score (nSPS) is 11.9. The number of carbonyl (C=O) groups is 1. The van der Waals surface area contributed by atoms with E-state index in [1.165, 1.54) is 23.9 Å². The lowest BCUT2D eigenvalue weighted by Gasteiger charge is -2.15. The Morgan fingerprint density at radius 1 is 1.17 bits per heavy atom. The number of aromatic nitrogens is 2. The molecule has 1 aromatic heterocycles. The van der Waals surface area contributed by atoms with Crippen LogP contribution in [0.2, 0.25) is 5.02 Å². The third-order valence-corrected chi connectivity index (χ3v) is 6.14. The highest BCUT2D eigenvalue weighted by Gasteiger charge is 2.21. The average molecular weight is 445 g/mol. The number of aryl methyl sites for hydroxylation is 2. The topological polar surface area (TPSA) is 90.1 Å². The molecule has 1 atom stereocenters. The van der Waals surface area contributed by atoms with Crippen molar-refractivity contribution in [3.05, 3.63) is 74.6 Å². The van der Waals surface area contributed by atoms with E-state index in [4.69, 9.17) is 11.6 Å². The van der Waals surface area contributed by atoms with Crippen molar-refractivity contribution in [2.75, 3.05) is 5.32 Å². The maximum absolute atomic E-state index is 12.8. The Labute approximate surface area is 183 Å². The summed E-state index contributed by atoms with van der Waals surface area (Å²) in [4.78, 5) is 25.3. The van der Waals surface area contributed by atoms with Crippen LogP contribution in [0.5, 0.6) is 0 Å². The number of non-ortho nitro benzene ring substituents is 1. The molecule has 0 bridgehead atoms. The van der Waals surface area contributed by atoms with Crippen LogP contribution in [0.4, 0.5) is 11.4 Å². The minimum atomic E-state index is -0.635. The molecular weight excluding hydrogens is 424 g/mol. The first-order chi connectivity index (χ1) is 14.2. The lowest BCUT2D eigenvalue weighted by Crippen LogP contribution is -2.25. The van der Waals surface area contributed by atoms with Gasteiger partial charge < -0.3 is 5.32 Å². The summed E-state index contributed by atoms with van der Waals surface area (Å²) in [7, 11) is 0. The van der Waals surface area contributed by atoms with E-state index in [0.717, 1.165) is 10.5 Å². The van der Waals surface area contributed by atoms with Crippen LogP contribution >= 0.6 is 23.4 Å². The number of anilines is 1. The Hall–Kier alpha value is -2.84. The molecule has 0 saturated heterocycles. The van der Waals surface area contributed by atoms with Crippen LogP contribution in [0, 0.1) is 30.9 Å². The molecule has 3 aromatic rings. The Balaban J connectivity index is 1.86. The van der Waals surface area contributed by atoms with Crippen LogP contribution in [0.3, 0.4) is 0 Å². The van der Waals surface area contributed by atoms with E-state index >= 15 is 0 Å². The molecule has 156 valence electrons. The highest BCUT2D eigenvalue weighted by atomic mass is 35.5. The largest absolute Gasteiger partial charge is 0.324 e. The molecule has 0 aliphatic heterocycles. The smallest absolute Gasteiger partial charge is 0.272 e. The monoisotopic (exact) mass is 444 g/mol.